The van der Waals surface area contributed by atoms with Crippen LogP contribution in [0.1, 0.15) is 24.6 Å². The average molecular weight is 374 g/mol. The summed E-state index contributed by atoms with van der Waals surface area (Å²) < 4.78 is 5.29. The van der Waals surface area contributed by atoms with Crippen molar-refractivity contribution >= 4 is 45.4 Å². The van der Waals surface area contributed by atoms with Crippen LogP contribution >= 0.6 is 23.1 Å². The molecule has 1 saturated heterocycles. The third-order valence-electron chi connectivity index (χ3n) is 3.25. The number of aliphatic imine (C=N–C) groups is 1. The van der Waals surface area contributed by atoms with E-state index in [2.05, 4.69) is 35.6 Å². The highest BCUT2D eigenvalue weighted by atomic mass is 32.2. The van der Waals surface area contributed by atoms with E-state index in [4.69, 9.17) is 4.42 Å². The van der Waals surface area contributed by atoms with E-state index in [1.165, 1.54) is 23.1 Å². The van der Waals surface area contributed by atoms with Crippen LogP contribution in [0, 0.1) is 5.92 Å². The molecule has 1 aliphatic rings. The van der Waals surface area contributed by atoms with Crippen molar-refractivity contribution in [3.8, 4) is 0 Å². The van der Waals surface area contributed by atoms with Crippen LogP contribution < -0.4 is 0 Å². The summed E-state index contributed by atoms with van der Waals surface area (Å²) >= 11 is 2.75. The molecule has 0 unspecified atom stereocenters. The Morgan fingerprint density at radius 3 is 2.96 bits per heavy atom. The zero-order valence-corrected chi connectivity index (χ0v) is 15.6. The number of hydrogen-bond donors (Lipinski definition) is 0. The second-order valence-corrected chi connectivity index (χ2v) is 7.85. The van der Waals surface area contributed by atoms with Gasteiger partial charge in [0.2, 0.25) is 5.13 Å². The van der Waals surface area contributed by atoms with Crippen LogP contribution in [0.3, 0.4) is 0 Å². The first-order chi connectivity index (χ1) is 12.1. The zero-order chi connectivity index (χ0) is 17.8. The van der Waals surface area contributed by atoms with Crippen LogP contribution in [0.15, 0.2) is 45.4 Å². The first kappa shape index (κ1) is 17.6. The van der Waals surface area contributed by atoms with Gasteiger partial charge in [0, 0.05) is 19.0 Å². The molecule has 0 spiro atoms. The first-order valence-corrected chi connectivity index (χ1v) is 9.47. The molecule has 2 aromatic heterocycles. The highest BCUT2D eigenvalue weighted by Gasteiger charge is 2.33. The maximum absolute atomic E-state index is 12.6. The second kappa shape index (κ2) is 7.79. The number of carbonyl (C=O) groups excluding carboxylic acids is 1. The van der Waals surface area contributed by atoms with Crippen molar-refractivity contribution in [1.29, 1.82) is 0 Å². The van der Waals surface area contributed by atoms with Crippen LogP contribution in [0.5, 0.6) is 0 Å². The fourth-order valence-corrected chi connectivity index (χ4v) is 4.14. The van der Waals surface area contributed by atoms with Gasteiger partial charge in [0.25, 0.3) is 5.91 Å². The van der Waals surface area contributed by atoms with Crippen molar-refractivity contribution in [2.24, 2.45) is 10.9 Å². The number of amidine groups is 1. The van der Waals surface area contributed by atoms with Gasteiger partial charge in [0.1, 0.15) is 10.8 Å². The molecule has 8 heteroatoms. The molecule has 0 N–H and O–H groups in total. The molecule has 1 fully saturated rings. The van der Waals surface area contributed by atoms with Crippen LogP contribution in [-0.4, -0.2) is 32.7 Å². The molecule has 0 radical (unpaired) electrons. The minimum atomic E-state index is -0.119. The summed E-state index contributed by atoms with van der Waals surface area (Å²) in [5.41, 5.74) is 0. The lowest BCUT2D eigenvalue weighted by Gasteiger charge is -2.11. The van der Waals surface area contributed by atoms with Crippen molar-refractivity contribution in [3.05, 3.63) is 46.7 Å². The molecule has 0 aromatic carbocycles. The summed E-state index contributed by atoms with van der Waals surface area (Å²) in [6, 6.07) is 3.58. The number of carbonyl (C=O) groups is 1. The third-order valence-corrected chi connectivity index (χ3v) is 5.09. The summed E-state index contributed by atoms with van der Waals surface area (Å²) in [4.78, 5) is 19.3. The predicted molar refractivity (Wildman–Crippen MR) is 102 cm³/mol. The normalized spacial score (nSPS) is 18.0. The molecule has 0 aliphatic carbocycles. The minimum absolute atomic E-state index is 0.119. The van der Waals surface area contributed by atoms with Crippen LogP contribution in [0.2, 0.25) is 0 Å². The molecular formula is C17H18N4O2S2. The molecule has 0 atom stereocenters. The van der Waals surface area contributed by atoms with Gasteiger partial charge < -0.3 is 4.42 Å². The fourth-order valence-electron chi connectivity index (χ4n) is 2.19. The maximum Gasteiger partial charge on any atom is 0.267 e. The van der Waals surface area contributed by atoms with Gasteiger partial charge in [-0.2, -0.15) is 4.99 Å². The van der Waals surface area contributed by atoms with Gasteiger partial charge in [0.05, 0.1) is 11.2 Å². The highest BCUT2D eigenvalue weighted by molar-refractivity contribution is 8.18. The Morgan fingerprint density at radius 2 is 2.28 bits per heavy atom. The topological polar surface area (TPSA) is 71.6 Å². The Labute approximate surface area is 154 Å². The molecule has 3 heterocycles. The summed E-state index contributed by atoms with van der Waals surface area (Å²) in [5, 5.41) is 10.4. The Hall–Kier alpha value is -2.19. The van der Waals surface area contributed by atoms with E-state index in [0.717, 1.165) is 11.4 Å². The van der Waals surface area contributed by atoms with E-state index in [-0.39, 0.29) is 5.91 Å². The van der Waals surface area contributed by atoms with Gasteiger partial charge in [0.15, 0.2) is 5.17 Å². The zero-order valence-electron chi connectivity index (χ0n) is 14.0. The van der Waals surface area contributed by atoms with E-state index in [1.807, 2.05) is 0 Å². The maximum atomic E-state index is 12.6. The lowest BCUT2D eigenvalue weighted by Crippen LogP contribution is -2.29. The van der Waals surface area contributed by atoms with E-state index >= 15 is 0 Å². The summed E-state index contributed by atoms with van der Waals surface area (Å²) in [6.45, 7) is 8.37. The van der Waals surface area contributed by atoms with Gasteiger partial charge in [-0.3, -0.25) is 9.69 Å². The number of nitrogens with zero attached hydrogens (tertiary/aromatic N) is 4. The van der Waals surface area contributed by atoms with E-state index in [0.29, 0.717) is 33.4 Å². The molecular weight excluding hydrogens is 356 g/mol. The largest absolute Gasteiger partial charge is 0.465 e. The Bertz CT molecular complexity index is 822. The number of amides is 1. The lowest BCUT2D eigenvalue weighted by atomic mass is 10.1. The molecule has 3 rings (SSSR count). The predicted octanol–water partition coefficient (Wildman–Crippen LogP) is 4.12. The van der Waals surface area contributed by atoms with Gasteiger partial charge in [-0.15, -0.1) is 16.8 Å². The Morgan fingerprint density at radius 1 is 1.44 bits per heavy atom. The quantitative estimate of drug-likeness (QED) is 0.562. The molecule has 1 aliphatic heterocycles. The van der Waals surface area contributed by atoms with Gasteiger partial charge >= 0.3 is 0 Å². The Kier molecular flexibility index (Phi) is 5.50. The van der Waals surface area contributed by atoms with E-state index < -0.39 is 0 Å². The summed E-state index contributed by atoms with van der Waals surface area (Å²) in [7, 11) is 0. The number of thioether (sulfide) groups is 1. The van der Waals surface area contributed by atoms with Gasteiger partial charge in [-0.25, -0.2) is 0 Å². The average Bonchev–Trinajstić information content (AvgIpc) is 3.27. The molecule has 0 bridgehead atoms. The lowest BCUT2D eigenvalue weighted by molar-refractivity contribution is -0.121. The smallest absolute Gasteiger partial charge is 0.267 e. The Balaban J connectivity index is 1.86. The van der Waals surface area contributed by atoms with Crippen molar-refractivity contribution in [2.75, 3.05) is 6.54 Å². The molecule has 6 nitrogen and oxygen atoms in total. The SMILES string of the molecule is C=CCN1C(=O)/C(=C\c2ccco2)SC1=Nc1nnc(CC(C)C)s1. The number of hydrogen-bond acceptors (Lipinski definition) is 7. The molecule has 0 saturated carbocycles. The van der Waals surface area contributed by atoms with Gasteiger partial charge in [-0.1, -0.05) is 31.3 Å². The molecule has 130 valence electrons. The molecule has 1 amide bonds. The van der Waals surface area contributed by atoms with E-state index in [1.54, 1.807) is 35.4 Å². The number of aromatic nitrogens is 2. The van der Waals surface area contributed by atoms with Crippen LogP contribution in [0.25, 0.3) is 6.08 Å². The van der Waals surface area contributed by atoms with Gasteiger partial charge in [-0.05, 0) is 29.8 Å². The van der Waals surface area contributed by atoms with Crippen LogP contribution in [0.4, 0.5) is 5.13 Å². The number of furan rings is 1. The fraction of sp³-hybridized carbons (Fsp3) is 0.294. The second-order valence-electron chi connectivity index (χ2n) is 5.80. The third kappa shape index (κ3) is 4.26. The van der Waals surface area contributed by atoms with Crippen LogP contribution in [-0.2, 0) is 11.2 Å². The van der Waals surface area contributed by atoms with Crippen molar-refractivity contribution in [3.63, 3.8) is 0 Å². The van der Waals surface area contributed by atoms with Crippen molar-refractivity contribution in [2.45, 2.75) is 20.3 Å². The summed E-state index contributed by atoms with van der Waals surface area (Å²) in [6.07, 6.45) is 5.84. The van der Waals surface area contributed by atoms with Crippen molar-refractivity contribution < 1.29 is 9.21 Å². The molecule has 25 heavy (non-hydrogen) atoms. The van der Waals surface area contributed by atoms with E-state index in [9.17, 15) is 4.79 Å². The van der Waals surface area contributed by atoms with Crippen molar-refractivity contribution in [1.82, 2.24) is 15.1 Å². The monoisotopic (exact) mass is 374 g/mol. The summed E-state index contributed by atoms with van der Waals surface area (Å²) in [5.74, 6) is 1.02. The first-order valence-electron chi connectivity index (χ1n) is 7.83. The minimum Gasteiger partial charge on any atom is -0.465 e. The molecule has 2 aromatic rings. The highest BCUT2D eigenvalue weighted by Crippen LogP contribution is 2.34. The standard InChI is InChI=1S/C17H18N4O2S2/c1-4-7-21-15(22)13(10-12-6-5-8-23-12)24-17(21)18-16-20-19-14(25-16)9-11(2)3/h4-6,8,10-11H,1,7,9H2,2-3H3/b13-10+,18-17?. The number of rotatable bonds is 6.